The molecule has 0 bridgehead atoms. The average molecular weight is 268 g/mol. The molecule has 18 heavy (non-hydrogen) atoms. The second-order valence-electron chi connectivity index (χ2n) is 4.39. The van der Waals surface area contributed by atoms with Crippen LogP contribution in [0.25, 0.3) is 5.57 Å². The van der Waals surface area contributed by atoms with Gasteiger partial charge in [-0.3, -0.25) is 10.1 Å². The molecule has 1 aromatic carbocycles. The molecule has 1 radical (unpaired) electrons. The van der Waals surface area contributed by atoms with Crippen molar-refractivity contribution in [3.05, 3.63) is 36.0 Å². The van der Waals surface area contributed by atoms with E-state index < -0.39 is 11.5 Å². The Labute approximate surface area is 113 Å². The molecule has 0 amide bonds. The fourth-order valence-electron chi connectivity index (χ4n) is 1.92. The lowest BCUT2D eigenvalue weighted by Crippen LogP contribution is -2.45. The van der Waals surface area contributed by atoms with Crippen molar-refractivity contribution in [1.82, 2.24) is 5.32 Å². The van der Waals surface area contributed by atoms with E-state index >= 15 is 0 Å². The van der Waals surface area contributed by atoms with E-state index in [2.05, 4.69) is 5.32 Å². The van der Waals surface area contributed by atoms with Crippen LogP contribution in [0.4, 0.5) is 5.69 Å². The maximum Gasteiger partial charge on any atom is 0.325 e. The van der Waals surface area contributed by atoms with Gasteiger partial charge in [0, 0.05) is 18.2 Å². The van der Waals surface area contributed by atoms with Crippen LogP contribution < -0.4 is 11.1 Å². The number of methoxy groups -OCH3 is 1. The van der Waals surface area contributed by atoms with E-state index in [1.165, 1.54) is 7.11 Å². The summed E-state index contributed by atoms with van der Waals surface area (Å²) >= 11 is 0. The van der Waals surface area contributed by atoms with Gasteiger partial charge < -0.3 is 10.5 Å². The largest absolute Gasteiger partial charge is 0.468 e. The third-order valence-electron chi connectivity index (χ3n) is 2.82. The van der Waals surface area contributed by atoms with Crippen molar-refractivity contribution in [2.75, 3.05) is 7.11 Å². The number of fused-ring (bicyclic) bond motifs is 1. The molecule has 1 unspecified atom stereocenters. The molecule has 1 heterocycles. The van der Waals surface area contributed by atoms with Gasteiger partial charge in [0.2, 0.25) is 0 Å². The van der Waals surface area contributed by atoms with Gasteiger partial charge in [-0.15, -0.1) is 12.4 Å². The highest BCUT2D eigenvalue weighted by atomic mass is 35.5. The van der Waals surface area contributed by atoms with E-state index in [4.69, 9.17) is 10.5 Å². The van der Waals surface area contributed by atoms with Gasteiger partial charge in [0.15, 0.2) is 0 Å². The molecule has 0 saturated carbocycles. The summed E-state index contributed by atoms with van der Waals surface area (Å²) in [5, 5.41) is 4.28. The van der Waals surface area contributed by atoms with Gasteiger partial charge in [0.1, 0.15) is 5.54 Å². The Morgan fingerprint density at radius 2 is 2.11 bits per heavy atom. The second kappa shape index (κ2) is 5.42. The topological polar surface area (TPSA) is 66.4 Å². The van der Waals surface area contributed by atoms with Crippen LogP contribution in [-0.4, -0.2) is 18.6 Å². The number of benzene rings is 1. The summed E-state index contributed by atoms with van der Waals surface area (Å²) in [6.45, 7) is 1.67. The number of nitrogens with zero attached hydrogens (tertiary/aromatic N) is 1. The first kappa shape index (κ1) is 14.5. The van der Waals surface area contributed by atoms with E-state index in [-0.39, 0.29) is 12.4 Å². The average Bonchev–Trinajstić information content (AvgIpc) is 2.71. The predicted molar refractivity (Wildman–Crippen MR) is 72.7 cm³/mol. The quantitative estimate of drug-likeness (QED) is 0.852. The van der Waals surface area contributed by atoms with Gasteiger partial charge in [-0.05, 0) is 18.6 Å². The van der Waals surface area contributed by atoms with E-state index in [1.807, 2.05) is 24.3 Å². The molecule has 2 N–H and O–H groups in total. The van der Waals surface area contributed by atoms with Gasteiger partial charge in [0.25, 0.3) is 0 Å². The van der Waals surface area contributed by atoms with Crippen LogP contribution >= 0.6 is 12.4 Å². The summed E-state index contributed by atoms with van der Waals surface area (Å²) in [4.78, 5) is 11.5. The first-order valence-electron chi connectivity index (χ1n) is 5.41. The molecule has 1 aromatic rings. The van der Waals surface area contributed by atoms with Crippen LogP contribution in [0, 0.1) is 0 Å². The minimum atomic E-state index is -1.02. The van der Waals surface area contributed by atoms with E-state index in [0.717, 1.165) is 16.8 Å². The van der Waals surface area contributed by atoms with Gasteiger partial charge >= 0.3 is 5.97 Å². The number of ether oxygens (including phenoxy) is 1. The van der Waals surface area contributed by atoms with Crippen molar-refractivity contribution < 1.29 is 9.53 Å². The van der Waals surface area contributed by atoms with Gasteiger partial charge in [-0.2, -0.15) is 0 Å². The lowest BCUT2D eigenvalue weighted by Gasteiger charge is -2.21. The van der Waals surface area contributed by atoms with Crippen LogP contribution in [0.2, 0.25) is 0 Å². The molecule has 5 heteroatoms. The molecular formula is C13H16ClN2O2. The number of carbonyl (C=O) groups is 1. The van der Waals surface area contributed by atoms with Crippen molar-refractivity contribution in [3.63, 3.8) is 0 Å². The van der Waals surface area contributed by atoms with Crippen molar-refractivity contribution in [2.45, 2.75) is 18.9 Å². The summed E-state index contributed by atoms with van der Waals surface area (Å²) < 4.78 is 4.69. The monoisotopic (exact) mass is 267 g/mol. The number of hydrogen-bond acceptors (Lipinski definition) is 3. The number of halogens is 1. The molecule has 4 nitrogen and oxygen atoms in total. The number of rotatable bonds is 3. The Morgan fingerprint density at radius 1 is 1.44 bits per heavy atom. The molecule has 0 aromatic heterocycles. The van der Waals surface area contributed by atoms with Crippen LogP contribution in [0.5, 0.6) is 0 Å². The number of nitrogens with two attached hydrogens (primary N) is 1. The third-order valence-corrected chi connectivity index (χ3v) is 2.82. The first-order chi connectivity index (χ1) is 8.04. The fraction of sp³-hybridized carbons (Fsp3) is 0.308. The molecule has 1 aliphatic rings. The normalized spacial score (nSPS) is 15.6. The Morgan fingerprint density at radius 3 is 2.78 bits per heavy atom. The van der Waals surface area contributed by atoms with Gasteiger partial charge in [-0.1, -0.05) is 18.2 Å². The summed E-state index contributed by atoms with van der Waals surface area (Å²) in [6.07, 6.45) is 2.18. The molecular weight excluding hydrogens is 252 g/mol. The van der Waals surface area contributed by atoms with Crippen LogP contribution in [0.15, 0.2) is 30.5 Å². The Balaban J connectivity index is 0.00000162. The summed E-state index contributed by atoms with van der Waals surface area (Å²) in [7, 11) is 1.34. The maximum absolute atomic E-state index is 11.5. The van der Waals surface area contributed by atoms with Crippen molar-refractivity contribution in [1.29, 1.82) is 0 Å². The summed E-state index contributed by atoms with van der Waals surface area (Å²) in [6, 6.07) is 7.79. The van der Waals surface area contributed by atoms with E-state index in [0.29, 0.717) is 6.42 Å². The highest BCUT2D eigenvalue weighted by Gasteiger charge is 2.32. The van der Waals surface area contributed by atoms with Crippen LogP contribution in [0.3, 0.4) is 0 Å². The molecule has 97 valence electrons. The predicted octanol–water partition coefficient (Wildman–Crippen LogP) is 1.98. The lowest BCUT2D eigenvalue weighted by molar-refractivity contribution is -0.146. The lowest BCUT2D eigenvalue weighted by atomic mass is 9.91. The molecule has 1 aliphatic heterocycles. The molecule has 0 aliphatic carbocycles. The minimum absolute atomic E-state index is 0. The number of esters is 1. The number of para-hydroxylation sites is 1. The van der Waals surface area contributed by atoms with Gasteiger partial charge in [-0.25, -0.2) is 0 Å². The molecule has 0 fully saturated rings. The zero-order valence-electron chi connectivity index (χ0n) is 10.3. The number of hydrogen-bond donors (Lipinski definition) is 1. The number of carbonyl (C=O) groups excluding carboxylic acids is 1. The van der Waals surface area contributed by atoms with Crippen molar-refractivity contribution >= 4 is 29.6 Å². The van der Waals surface area contributed by atoms with E-state index in [9.17, 15) is 4.79 Å². The Bertz CT molecular complexity index is 484. The molecule has 0 saturated heterocycles. The third kappa shape index (κ3) is 2.66. The maximum atomic E-state index is 11.5. The second-order valence-corrected chi connectivity index (χ2v) is 4.39. The van der Waals surface area contributed by atoms with E-state index in [1.54, 1.807) is 13.1 Å². The van der Waals surface area contributed by atoms with Gasteiger partial charge in [0.05, 0.1) is 12.8 Å². The first-order valence-corrected chi connectivity index (χ1v) is 5.41. The Kier molecular flexibility index (Phi) is 4.38. The highest BCUT2D eigenvalue weighted by molar-refractivity contribution is 5.86. The SMILES string of the molecule is COC(=O)C(C)(N)CC1=C[N]c2ccccc21.Cl. The molecule has 1 atom stereocenters. The summed E-state index contributed by atoms with van der Waals surface area (Å²) in [5.74, 6) is -0.414. The van der Waals surface area contributed by atoms with Crippen molar-refractivity contribution in [2.24, 2.45) is 5.73 Å². The standard InChI is InChI=1S/C13H15N2O2.ClH/c1-13(14,12(16)17-2)7-9-8-15-11-6-4-3-5-10(9)11;/h3-6,8H,7,14H2,1-2H3;1H. The zero-order chi connectivity index (χ0) is 12.5. The molecule has 0 spiro atoms. The minimum Gasteiger partial charge on any atom is -0.468 e. The summed E-state index contributed by atoms with van der Waals surface area (Å²) in [5.41, 5.74) is 7.85. The smallest absolute Gasteiger partial charge is 0.325 e. The molecule has 2 rings (SSSR count). The van der Waals surface area contributed by atoms with Crippen LogP contribution in [-0.2, 0) is 9.53 Å². The Hall–Kier alpha value is -1.52. The van der Waals surface area contributed by atoms with Crippen molar-refractivity contribution in [3.8, 4) is 0 Å². The highest BCUT2D eigenvalue weighted by Crippen LogP contribution is 2.34. The zero-order valence-corrected chi connectivity index (χ0v) is 11.2. The fourth-order valence-corrected chi connectivity index (χ4v) is 1.92. The van der Waals surface area contributed by atoms with Crippen LogP contribution in [0.1, 0.15) is 18.9 Å².